The summed E-state index contributed by atoms with van der Waals surface area (Å²) in [5.41, 5.74) is 0. The van der Waals surface area contributed by atoms with Crippen LogP contribution in [0.25, 0.3) is 0 Å². The Morgan fingerprint density at radius 2 is 1.88 bits per heavy atom. The summed E-state index contributed by atoms with van der Waals surface area (Å²) in [6.07, 6.45) is 2.08. The minimum absolute atomic E-state index is 0.167. The minimum Gasteiger partial charge on any atom is -0.341 e. The third kappa shape index (κ3) is 3.43. The fourth-order valence-corrected chi connectivity index (χ4v) is 2.14. The van der Waals surface area contributed by atoms with Crippen LogP contribution in [0.4, 0.5) is 0 Å². The third-order valence-corrected chi connectivity index (χ3v) is 3.39. The van der Waals surface area contributed by atoms with Crippen LogP contribution >= 0.6 is 0 Å². The van der Waals surface area contributed by atoms with E-state index in [0.29, 0.717) is 0 Å². The number of hydrogen-bond acceptors (Lipinski definition) is 3. The van der Waals surface area contributed by atoms with Gasteiger partial charge in [-0.05, 0) is 25.9 Å². The van der Waals surface area contributed by atoms with Crippen molar-refractivity contribution in [2.75, 3.05) is 40.8 Å². The maximum Gasteiger partial charge on any atom is 0.312 e. The predicted octanol–water partition coefficient (Wildman–Crippen LogP) is 0.0173. The number of nitrogens with zero attached hydrogens (tertiary/aromatic N) is 3. The molecule has 0 aromatic carbocycles. The van der Waals surface area contributed by atoms with Crippen LogP contribution in [0.1, 0.15) is 19.8 Å². The van der Waals surface area contributed by atoms with Crippen LogP contribution in [0.15, 0.2) is 0 Å². The topological polar surface area (TPSA) is 43.9 Å². The average Bonchev–Trinajstić information content (AvgIpc) is 2.36. The highest BCUT2D eigenvalue weighted by Crippen LogP contribution is 2.14. The summed E-state index contributed by atoms with van der Waals surface area (Å²) in [5.74, 6) is -0.848. The van der Waals surface area contributed by atoms with Gasteiger partial charge < -0.3 is 14.7 Å². The lowest BCUT2D eigenvalue weighted by Gasteiger charge is -2.37. The summed E-state index contributed by atoms with van der Waals surface area (Å²) in [4.78, 5) is 28.7. The molecule has 1 heterocycles. The maximum atomic E-state index is 11.9. The minimum atomic E-state index is -0.443. The first-order valence-corrected chi connectivity index (χ1v) is 6.18. The van der Waals surface area contributed by atoms with E-state index in [0.717, 1.165) is 32.5 Å². The van der Waals surface area contributed by atoms with Gasteiger partial charge in [-0.1, -0.05) is 6.92 Å². The molecule has 0 radical (unpaired) electrons. The van der Waals surface area contributed by atoms with Crippen LogP contribution in [0, 0.1) is 0 Å². The van der Waals surface area contributed by atoms with E-state index in [1.165, 1.54) is 4.90 Å². The van der Waals surface area contributed by atoms with Crippen molar-refractivity contribution in [1.82, 2.24) is 14.7 Å². The Bertz CT molecular complexity index is 291. The Balaban J connectivity index is 2.59. The number of likely N-dealkylation sites (tertiary alicyclic amines) is 1. The molecule has 0 spiro atoms. The number of piperidine rings is 1. The zero-order valence-electron chi connectivity index (χ0n) is 11.3. The van der Waals surface area contributed by atoms with Crippen LogP contribution in [-0.4, -0.2) is 73.3 Å². The Morgan fingerprint density at radius 3 is 2.41 bits per heavy atom. The van der Waals surface area contributed by atoms with Gasteiger partial charge >= 0.3 is 11.8 Å². The van der Waals surface area contributed by atoms with Gasteiger partial charge in [-0.25, -0.2) is 0 Å². The van der Waals surface area contributed by atoms with Gasteiger partial charge in [-0.2, -0.15) is 0 Å². The Kier molecular flexibility index (Phi) is 4.93. The smallest absolute Gasteiger partial charge is 0.312 e. The molecular formula is C12H23N3O2. The molecule has 0 bridgehead atoms. The molecule has 0 aliphatic carbocycles. The quantitative estimate of drug-likeness (QED) is 0.640. The van der Waals surface area contributed by atoms with Gasteiger partial charge in [0.1, 0.15) is 0 Å². The van der Waals surface area contributed by atoms with Gasteiger partial charge in [0, 0.05) is 33.7 Å². The van der Waals surface area contributed by atoms with Crippen molar-refractivity contribution in [3.63, 3.8) is 0 Å². The van der Waals surface area contributed by atoms with E-state index in [-0.39, 0.29) is 6.04 Å². The third-order valence-electron chi connectivity index (χ3n) is 3.39. The van der Waals surface area contributed by atoms with Crippen molar-refractivity contribution in [3.8, 4) is 0 Å². The molecule has 1 aliphatic rings. The Labute approximate surface area is 103 Å². The summed E-state index contributed by atoms with van der Waals surface area (Å²) in [6, 6.07) is 0.167. The van der Waals surface area contributed by atoms with Crippen molar-refractivity contribution < 1.29 is 9.59 Å². The molecule has 0 N–H and O–H groups in total. The van der Waals surface area contributed by atoms with Crippen LogP contribution in [-0.2, 0) is 9.59 Å². The second kappa shape index (κ2) is 6.00. The van der Waals surface area contributed by atoms with Crippen molar-refractivity contribution in [2.24, 2.45) is 0 Å². The molecule has 0 aromatic heterocycles. The fourth-order valence-electron chi connectivity index (χ4n) is 2.14. The van der Waals surface area contributed by atoms with E-state index in [4.69, 9.17) is 0 Å². The predicted molar refractivity (Wildman–Crippen MR) is 66.6 cm³/mol. The first-order valence-electron chi connectivity index (χ1n) is 6.18. The van der Waals surface area contributed by atoms with E-state index in [2.05, 4.69) is 11.8 Å². The molecule has 0 saturated carbocycles. The van der Waals surface area contributed by atoms with Gasteiger partial charge in [0.05, 0.1) is 0 Å². The molecule has 1 rings (SSSR count). The zero-order valence-corrected chi connectivity index (χ0v) is 11.3. The van der Waals surface area contributed by atoms with Crippen LogP contribution < -0.4 is 0 Å². The second-order valence-corrected chi connectivity index (χ2v) is 4.80. The molecule has 5 heteroatoms. The highest BCUT2D eigenvalue weighted by molar-refractivity contribution is 6.34. The van der Waals surface area contributed by atoms with Gasteiger partial charge in [-0.15, -0.1) is 0 Å². The summed E-state index contributed by atoms with van der Waals surface area (Å²) >= 11 is 0. The second-order valence-electron chi connectivity index (χ2n) is 4.80. The number of hydrogen-bond donors (Lipinski definition) is 0. The number of carbonyl (C=O) groups is 2. The average molecular weight is 241 g/mol. The summed E-state index contributed by atoms with van der Waals surface area (Å²) < 4.78 is 0. The fraction of sp³-hybridized carbons (Fsp3) is 0.833. The highest BCUT2D eigenvalue weighted by Gasteiger charge is 2.29. The Morgan fingerprint density at radius 1 is 1.24 bits per heavy atom. The normalized spacial score (nSPS) is 21.1. The van der Waals surface area contributed by atoms with Crippen molar-refractivity contribution >= 4 is 11.8 Å². The van der Waals surface area contributed by atoms with Crippen LogP contribution in [0.3, 0.4) is 0 Å². The largest absolute Gasteiger partial charge is 0.341 e. The lowest BCUT2D eigenvalue weighted by atomic mass is 10.0. The van der Waals surface area contributed by atoms with E-state index in [9.17, 15) is 9.59 Å². The van der Waals surface area contributed by atoms with Crippen LogP contribution in [0.2, 0.25) is 0 Å². The van der Waals surface area contributed by atoms with Crippen LogP contribution in [0.5, 0.6) is 0 Å². The lowest BCUT2D eigenvalue weighted by Crippen LogP contribution is -2.51. The highest BCUT2D eigenvalue weighted by atomic mass is 16.2. The molecule has 2 amide bonds. The first kappa shape index (κ1) is 14.0. The first-order chi connectivity index (χ1) is 7.97. The number of carbonyl (C=O) groups excluding carboxylic acids is 2. The van der Waals surface area contributed by atoms with E-state index >= 15 is 0 Å². The SMILES string of the molecule is CCN1CCC[C@H](N(C)C(=O)C(=O)N(C)C)C1. The summed E-state index contributed by atoms with van der Waals surface area (Å²) in [6.45, 7) is 5.09. The number of amides is 2. The standard InChI is InChI=1S/C12H23N3O2/c1-5-15-8-6-7-10(9-15)14(4)12(17)11(16)13(2)3/h10H,5-9H2,1-4H3/t10-/m0/s1. The van der Waals surface area contributed by atoms with E-state index in [1.807, 2.05) is 0 Å². The molecule has 0 unspecified atom stereocenters. The van der Waals surface area contributed by atoms with Gasteiger partial charge in [-0.3, -0.25) is 9.59 Å². The maximum absolute atomic E-state index is 11.9. The number of rotatable bonds is 2. The summed E-state index contributed by atoms with van der Waals surface area (Å²) in [5, 5.41) is 0. The van der Waals surface area contributed by atoms with Crippen molar-refractivity contribution in [1.29, 1.82) is 0 Å². The zero-order chi connectivity index (χ0) is 13.0. The Hall–Kier alpha value is -1.10. The van der Waals surface area contributed by atoms with Crippen molar-refractivity contribution in [3.05, 3.63) is 0 Å². The van der Waals surface area contributed by atoms with Gasteiger partial charge in [0.15, 0.2) is 0 Å². The molecule has 0 aromatic rings. The van der Waals surface area contributed by atoms with Gasteiger partial charge in [0.25, 0.3) is 0 Å². The lowest BCUT2D eigenvalue weighted by molar-refractivity contribution is -0.151. The molecule has 1 fully saturated rings. The molecular weight excluding hydrogens is 218 g/mol. The monoisotopic (exact) mass is 241 g/mol. The van der Waals surface area contributed by atoms with Crippen molar-refractivity contribution in [2.45, 2.75) is 25.8 Å². The molecule has 17 heavy (non-hydrogen) atoms. The molecule has 5 nitrogen and oxygen atoms in total. The molecule has 1 aliphatic heterocycles. The van der Waals surface area contributed by atoms with E-state index < -0.39 is 11.8 Å². The molecule has 98 valence electrons. The summed E-state index contributed by atoms with van der Waals surface area (Å²) in [7, 11) is 4.94. The molecule has 1 atom stereocenters. The molecule has 1 saturated heterocycles. The van der Waals surface area contributed by atoms with E-state index in [1.54, 1.807) is 26.0 Å². The van der Waals surface area contributed by atoms with Gasteiger partial charge in [0.2, 0.25) is 0 Å². The number of likely N-dealkylation sites (N-methyl/N-ethyl adjacent to an activating group) is 3.